The highest BCUT2D eigenvalue weighted by molar-refractivity contribution is 6.30. The molecule has 0 bridgehead atoms. The number of halogens is 5. The van der Waals surface area contributed by atoms with Crippen LogP contribution in [0.15, 0.2) is 36.2 Å². The van der Waals surface area contributed by atoms with E-state index in [9.17, 15) is 17.6 Å². The third-order valence-corrected chi connectivity index (χ3v) is 4.49. The first-order valence-corrected chi connectivity index (χ1v) is 8.13. The van der Waals surface area contributed by atoms with Gasteiger partial charge in [-0.3, -0.25) is 10.4 Å². The molecule has 0 aliphatic carbocycles. The van der Waals surface area contributed by atoms with Gasteiger partial charge < -0.3 is 4.90 Å². The maximum Gasteiger partial charge on any atom is 0.410 e. The van der Waals surface area contributed by atoms with Crippen LogP contribution in [-0.2, 0) is 0 Å². The van der Waals surface area contributed by atoms with Crippen molar-refractivity contribution in [3.63, 3.8) is 0 Å². The molecule has 136 valence electrons. The van der Waals surface area contributed by atoms with Crippen LogP contribution in [0, 0.1) is 5.82 Å². The zero-order chi connectivity index (χ0) is 18.6. The Labute approximate surface area is 148 Å². The molecule has 1 N–H and O–H groups in total. The van der Waals surface area contributed by atoms with Gasteiger partial charge in [0.15, 0.2) is 0 Å². The van der Waals surface area contributed by atoms with Crippen LogP contribution >= 0.6 is 11.6 Å². The predicted molar refractivity (Wildman–Crippen MR) is 88.7 cm³/mol. The molecular formula is C17H18ClF4N3. The standard InChI is InChI=1S/C17H18ClF4N3/c1-16(2,3)24-8-11-7-14(10-4-5-13(19)12(18)6-10)23-25(11)9-15(24)17(20,21)22/h4-8,15,23H,9H2,1-3H3. The first-order chi connectivity index (χ1) is 11.5. The van der Waals surface area contributed by atoms with Gasteiger partial charge in [0.25, 0.3) is 0 Å². The Morgan fingerprint density at radius 1 is 1.20 bits per heavy atom. The molecule has 0 saturated carbocycles. The molecule has 0 saturated heterocycles. The number of hydrogen-bond donors (Lipinski definition) is 1. The Bertz CT molecular complexity index is 749. The van der Waals surface area contributed by atoms with Crippen molar-refractivity contribution in [3.8, 4) is 0 Å². The summed E-state index contributed by atoms with van der Waals surface area (Å²) in [5.41, 5.74) is 4.06. The van der Waals surface area contributed by atoms with Gasteiger partial charge in [-0.1, -0.05) is 11.6 Å². The Kier molecular flexibility index (Phi) is 4.18. The van der Waals surface area contributed by atoms with Crippen LogP contribution in [0.25, 0.3) is 5.70 Å². The van der Waals surface area contributed by atoms with Crippen LogP contribution in [0.2, 0.25) is 5.02 Å². The summed E-state index contributed by atoms with van der Waals surface area (Å²) in [5.74, 6) is -0.544. The smallest absolute Gasteiger partial charge is 0.358 e. The van der Waals surface area contributed by atoms with E-state index in [1.807, 2.05) is 0 Å². The molecule has 0 radical (unpaired) electrons. The lowest BCUT2D eigenvalue weighted by Gasteiger charge is -2.46. The molecule has 0 fully saturated rings. The fourth-order valence-corrected chi connectivity index (χ4v) is 3.13. The summed E-state index contributed by atoms with van der Waals surface area (Å²) in [5, 5.41) is 1.41. The van der Waals surface area contributed by atoms with Crippen LogP contribution < -0.4 is 5.43 Å². The van der Waals surface area contributed by atoms with E-state index in [-0.39, 0.29) is 11.6 Å². The lowest BCUT2D eigenvalue weighted by Crippen LogP contribution is -2.59. The number of hydrogen-bond acceptors (Lipinski definition) is 3. The molecule has 3 rings (SSSR count). The molecule has 2 aliphatic heterocycles. The lowest BCUT2D eigenvalue weighted by atomic mass is 10.0. The number of fused-ring (bicyclic) bond motifs is 1. The second-order valence-corrected chi connectivity index (χ2v) is 7.51. The Hall–Kier alpha value is -1.89. The quantitative estimate of drug-likeness (QED) is 0.728. The third kappa shape index (κ3) is 3.42. The van der Waals surface area contributed by atoms with Gasteiger partial charge in [-0.15, -0.1) is 0 Å². The maximum atomic E-state index is 13.5. The fraction of sp³-hybridized carbons (Fsp3) is 0.412. The Morgan fingerprint density at radius 2 is 1.88 bits per heavy atom. The molecule has 3 nitrogen and oxygen atoms in total. The number of alkyl halides is 3. The highest BCUT2D eigenvalue weighted by Gasteiger charge is 2.49. The minimum atomic E-state index is -4.36. The van der Waals surface area contributed by atoms with Crippen LogP contribution in [0.3, 0.4) is 0 Å². The van der Waals surface area contributed by atoms with Gasteiger partial charge in [-0.2, -0.15) is 13.2 Å². The molecule has 2 heterocycles. The highest BCUT2D eigenvalue weighted by atomic mass is 35.5. The summed E-state index contributed by atoms with van der Waals surface area (Å²) >= 11 is 5.80. The number of allylic oxidation sites excluding steroid dienone is 1. The van der Waals surface area contributed by atoms with Crippen LogP contribution in [0.4, 0.5) is 17.6 Å². The normalized spacial score (nSPS) is 20.9. The first-order valence-electron chi connectivity index (χ1n) is 7.75. The zero-order valence-electron chi connectivity index (χ0n) is 14.0. The van der Waals surface area contributed by atoms with Gasteiger partial charge in [0, 0.05) is 17.3 Å². The molecular weight excluding hydrogens is 358 g/mol. The van der Waals surface area contributed by atoms with Crippen molar-refractivity contribution in [3.05, 3.63) is 52.6 Å². The van der Waals surface area contributed by atoms with Gasteiger partial charge in [0.2, 0.25) is 0 Å². The van der Waals surface area contributed by atoms with E-state index in [0.29, 0.717) is 17.0 Å². The van der Waals surface area contributed by atoms with E-state index in [1.54, 1.807) is 26.8 Å². The van der Waals surface area contributed by atoms with Gasteiger partial charge in [-0.25, -0.2) is 4.39 Å². The molecule has 1 aromatic rings. The van der Waals surface area contributed by atoms with E-state index in [1.165, 1.54) is 34.3 Å². The number of rotatable bonds is 1. The van der Waals surface area contributed by atoms with Crippen molar-refractivity contribution in [1.29, 1.82) is 0 Å². The number of nitrogens with zero attached hydrogens (tertiary/aromatic N) is 2. The van der Waals surface area contributed by atoms with Crippen LogP contribution in [0.1, 0.15) is 26.3 Å². The fourth-order valence-electron chi connectivity index (χ4n) is 2.95. The molecule has 0 spiro atoms. The first kappa shape index (κ1) is 17.9. The maximum absolute atomic E-state index is 13.5. The van der Waals surface area contributed by atoms with Gasteiger partial charge in [0.05, 0.1) is 23.0 Å². The van der Waals surface area contributed by atoms with Crippen LogP contribution in [0.5, 0.6) is 0 Å². The van der Waals surface area contributed by atoms with E-state index in [4.69, 9.17) is 11.6 Å². The van der Waals surface area contributed by atoms with E-state index in [2.05, 4.69) is 5.43 Å². The third-order valence-electron chi connectivity index (χ3n) is 4.20. The van der Waals surface area contributed by atoms with Crippen molar-refractivity contribution >= 4 is 17.3 Å². The topological polar surface area (TPSA) is 18.5 Å². The molecule has 0 amide bonds. The SMILES string of the molecule is CC(C)(C)N1C=C2C=C(c3ccc(F)c(Cl)c3)NN2CC1C(F)(F)F. The summed E-state index contributed by atoms with van der Waals surface area (Å²) in [6.07, 6.45) is -1.12. The molecule has 8 heteroatoms. The van der Waals surface area contributed by atoms with Crippen molar-refractivity contribution in [2.75, 3.05) is 6.54 Å². The van der Waals surface area contributed by atoms with Gasteiger partial charge in [0.1, 0.15) is 11.9 Å². The monoisotopic (exact) mass is 375 g/mol. The lowest BCUT2D eigenvalue weighted by molar-refractivity contribution is -0.194. The number of nitrogens with one attached hydrogen (secondary N) is 1. The van der Waals surface area contributed by atoms with E-state index >= 15 is 0 Å². The summed E-state index contributed by atoms with van der Waals surface area (Å²) in [7, 11) is 0. The number of benzene rings is 1. The van der Waals surface area contributed by atoms with Gasteiger partial charge in [-0.05, 0) is 45.0 Å². The molecule has 2 aliphatic rings. The molecule has 1 aromatic carbocycles. The zero-order valence-corrected chi connectivity index (χ0v) is 14.7. The van der Waals surface area contributed by atoms with Crippen molar-refractivity contribution < 1.29 is 17.6 Å². The minimum absolute atomic E-state index is 0.0384. The Balaban J connectivity index is 1.95. The average molecular weight is 376 g/mol. The summed E-state index contributed by atoms with van der Waals surface area (Å²) in [4.78, 5) is 1.33. The summed E-state index contributed by atoms with van der Waals surface area (Å²) in [6.45, 7) is 4.98. The largest absolute Gasteiger partial charge is 0.410 e. The van der Waals surface area contributed by atoms with E-state index < -0.39 is 23.6 Å². The van der Waals surface area contributed by atoms with E-state index in [0.717, 1.165) is 0 Å². The second-order valence-electron chi connectivity index (χ2n) is 7.10. The van der Waals surface area contributed by atoms with Gasteiger partial charge >= 0.3 is 6.18 Å². The van der Waals surface area contributed by atoms with Crippen molar-refractivity contribution in [2.24, 2.45) is 0 Å². The van der Waals surface area contributed by atoms with Crippen LogP contribution in [-0.4, -0.2) is 34.2 Å². The molecule has 1 atom stereocenters. The minimum Gasteiger partial charge on any atom is -0.358 e. The van der Waals surface area contributed by atoms with Crippen molar-refractivity contribution in [1.82, 2.24) is 15.3 Å². The molecule has 0 aromatic heterocycles. The second kappa shape index (κ2) is 5.83. The summed E-state index contributed by atoms with van der Waals surface area (Å²) < 4.78 is 53.8. The average Bonchev–Trinajstić information content (AvgIpc) is 2.90. The van der Waals surface area contributed by atoms with Crippen molar-refractivity contribution in [2.45, 2.75) is 38.5 Å². The summed E-state index contributed by atoms with van der Waals surface area (Å²) in [6, 6.07) is 2.57. The highest BCUT2D eigenvalue weighted by Crippen LogP contribution is 2.37. The number of hydrazine groups is 1. The molecule has 25 heavy (non-hydrogen) atoms. The molecule has 1 unspecified atom stereocenters. The predicted octanol–water partition coefficient (Wildman–Crippen LogP) is 4.53. The Morgan fingerprint density at radius 3 is 2.44 bits per heavy atom.